The monoisotopic (exact) mass is 328 g/mol. The van der Waals surface area contributed by atoms with Gasteiger partial charge in [-0.15, -0.1) is 11.3 Å². The van der Waals surface area contributed by atoms with Gasteiger partial charge < -0.3 is 20.1 Å². The Morgan fingerprint density at radius 3 is 2.55 bits per heavy atom. The maximum absolute atomic E-state index is 11.8. The minimum Gasteiger partial charge on any atom is -0.465 e. The molecule has 0 aliphatic rings. The van der Waals surface area contributed by atoms with Crippen LogP contribution in [-0.4, -0.2) is 37.2 Å². The predicted octanol–water partition coefficient (Wildman–Crippen LogP) is 2.39. The van der Waals surface area contributed by atoms with Gasteiger partial charge in [0.05, 0.1) is 12.8 Å². The van der Waals surface area contributed by atoms with Gasteiger partial charge in [0, 0.05) is 13.0 Å². The second kappa shape index (κ2) is 7.79. The summed E-state index contributed by atoms with van der Waals surface area (Å²) in [6.07, 6.45) is -0.513. The number of hydrogen-bond acceptors (Lipinski definition) is 6. The first-order valence-electron chi connectivity index (χ1n) is 6.65. The van der Waals surface area contributed by atoms with E-state index in [0.29, 0.717) is 10.6 Å². The molecule has 1 rings (SSSR count). The van der Waals surface area contributed by atoms with Crippen molar-refractivity contribution in [3.05, 3.63) is 16.3 Å². The van der Waals surface area contributed by atoms with Crippen LogP contribution in [0, 0.1) is 0 Å². The van der Waals surface area contributed by atoms with E-state index < -0.39 is 17.7 Å². The smallest absolute Gasteiger partial charge is 0.407 e. The van der Waals surface area contributed by atoms with Crippen LogP contribution in [0.4, 0.5) is 10.5 Å². The minimum absolute atomic E-state index is 0.0652. The van der Waals surface area contributed by atoms with Crippen molar-refractivity contribution in [3.63, 3.8) is 0 Å². The van der Waals surface area contributed by atoms with Gasteiger partial charge in [0.25, 0.3) is 0 Å². The van der Waals surface area contributed by atoms with Crippen molar-refractivity contribution in [2.45, 2.75) is 32.8 Å². The fourth-order valence-corrected chi connectivity index (χ4v) is 2.23. The van der Waals surface area contributed by atoms with Crippen molar-refractivity contribution in [3.8, 4) is 0 Å². The van der Waals surface area contributed by atoms with Crippen molar-refractivity contribution in [2.24, 2.45) is 0 Å². The van der Waals surface area contributed by atoms with Crippen LogP contribution < -0.4 is 10.6 Å². The molecule has 0 saturated heterocycles. The number of hydrogen-bond donors (Lipinski definition) is 2. The van der Waals surface area contributed by atoms with Crippen LogP contribution in [-0.2, 0) is 14.3 Å². The highest BCUT2D eigenvalue weighted by Gasteiger charge is 2.17. The zero-order valence-electron chi connectivity index (χ0n) is 13.0. The Bertz CT molecular complexity index is 548. The van der Waals surface area contributed by atoms with Gasteiger partial charge in [0.1, 0.15) is 10.5 Å². The molecule has 0 bridgehead atoms. The van der Waals surface area contributed by atoms with Crippen molar-refractivity contribution in [2.75, 3.05) is 19.0 Å². The third-order valence-electron chi connectivity index (χ3n) is 2.33. The summed E-state index contributed by atoms with van der Waals surface area (Å²) >= 11 is 1.18. The molecule has 0 aliphatic carbocycles. The molecule has 0 atom stereocenters. The highest BCUT2D eigenvalue weighted by molar-refractivity contribution is 7.12. The van der Waals surface area contributed by atoms with Crippen molar-refractivity contribution >= 4 is 35.0 Å². The van der Waals surface area contributed by atoms with Gasteiger partial charge in [-0.1, -0.05) is 0 Å². The molecule has 0 fully saturated rings. The van der Waals surface area contributed by atoms with Gasteiger partial charge >= 0.3 is 12.1 Å². The number of anilines is 1. The van der Waals surface area contributed by atoms with Crippen molar-refractivity contribution in [1.29, 1.82) is 0 Å². The maximum Gasteiger partial charge on any atom is 0.407 e. The molecule has 8 heteroatoms. The van der Waals surface area contributed by atoms with E-state index in [0.717, 1.165) is 0 Å². The molecule has 22 heavy (non-hydrogen) atoms. The van der Waals surface area contributed by atoms with E-state index in [1.807, 2.05) is 0 Å². The summed E-state index contributed by atoms with van der Waals surface area (Å²) in [5, 5.41) is 6.77. The first-order chi connectivity index (χ1) is 10.2. The quantitative estimate of drug-likeness (QED) is 0.809. The number of amides is 2. The van der Waals surface area contributed by atoms with Crippen LogP contribution in [0.2, 0.25) is 0 Å². The Morgan fingerprint density at radius 1 is 1.27 bits per heavy atom. The lowest BCUT2D eigenvalue weighted by Gasteiger charge is -2.19. The lowest BCUT2D eigenvalue weighted by molar-refractivity contribution is -0.116. The summed E-state index contributed by atoms with van der Waals surface area (Å²) in [5.41, 5.74) is -0.183. The lowest BCUT2D eigenvalue weighted by atomic mass is 10.2. The highest BCUT2D eigenvalue weighted by atomic mass is 32.1. The number of methoxy groups -OCH3 is 1. The minimum atomic E-state index is -0.585. The Balaban J connectivity index is 2.40. The van der Waals surface area contributed by atoms with Gasteiger partial charge in [-0.25, -0.2) is 9.59 Å². The molecule has 7 nitrogen and oxygen atoms in total. The van der Waals surface area contributed by atoms with Crippen LogP contribution >= 0.6 is 11.3 Å². The topological polar surface area (TPSA) is 93.7 Å². The fourth-order valence-electron chi connectivity index (χ4n) is 1.46. The Kier molecular flexibility index (Phi) is 6.36. The first kappa shape index (κ1) is 18.0. The van der Waals surface area contributed by atoms with E-state index in [4.69, 9.17) is 4.74 Å². The normalized spacial score (nSPS) is 10.7. The summed E-state index contributed by atoms with van der Waals surface area (Å²) in [6, 6.07) is 1.62. The zero-order chi connectivity index (χ0) is 16.8. The largest absolute Gasteiger partial charge is 0.465 e. The van der Waals surface area contributed by atoms with Crippen LogP contribution in [0.15, 0.2) is 11.4 Å². The number of carbonyl (C=O) groups is 3. The predicted molar refractivity (Wildman–Crippen MR) is 83.1 cm³/mol. The molecule has 0 aromatic carbocycles. The Hall–Kier alpha value is -2.09. The molecular formula is C14H20N2O5S. The van der Waals surface area contributed by atoms with Gasteiger partial charge in [0.2, 0.25) is 5.91 Å². The molecule has 0 radical (unpaired) electrons. The van der Waals surface area contributed by atoms with Crippen LogP contribution in [0.3, 0.4) is 0 Å². The van der Waals surface area contributed by atoms with E-state index in [2.05, 4.69) is 15.4 Å². The Morgan fingerprint density at radius 2 is 1.95 bits per heavy atom. The molecule has 1 heterocycles. The fraction of sp³-hybridized carbons (Fsp3) is 0.500. The van der Waals surface area contributed by atoms with Gasteiger partial charge in [-0.05, 0) is 32.2 Å². The summed E-state index contributed by atoms with van der Waals surface area (Å²) in [5.74, 6) is -0.822. The van der Waals surface area contributed by atoms with E-state index in [9.17, 15) is 14.4 Å². The van der Waals surface area contributed by atoms with Crippen molar-refractivity contribution < 1.29 is 23.9 Å². The second-order valence-electron chi connectivity index (χ2n) is 5.38. The highest BCUT2D eigenvalue weighted by Crippen LogP contribution is 2.23. The molecule has 0 saturated carbocycles. The third kappa shape index (κ3) is 6.13. The van der Waals surface area contributed by atoms with Gasteiger partial charge in [0.15, 0.2) is 0 Å². The number of nitrogens with one attached hydrogen (secondary N) is 2. The van der Waals surface area contributed by atoms with E-state index in [1.54, 1.807) is 32.2 Å². The summed E-state index contributed by atoms with van der Waals surface area (Å²) in [6.45, 7) is 5.40. The molecule has 0 spiro atoms. The van der Waals surface area contributed by atoms with Crippen LogP contribution in [0.25, 0.3) is 0 Å². The number of carbonyl (C=O) groups excluding carboxylic acids is 3. The van der Waals surface area contributed by atoms with E-state index in [-0.39, 0.29) is 18.9 Å². The maximum atomic E-state index is 11.8. The van der Waals surface area contributed by atoms with Crippen molar-refractivity contribution in [1.82, 2.24) is 5.32 Å². The molecule has 122 valence electrons. The Labute approximate surface area is 133 Å². The van der Waals surface area contributed by atoms with E-state index >= 15 is 0 Å². The molecule has 0 unspecified atom stereocenters. The van der Waals surface area contributed by atoms with Crippen LogP contribution in [0.1, 0.15) is 36.9 Å². The zero-order valence-corrected chi connectivity index (χ0v) is 13.8. The lowest BCUT2D eigenvalue weighted by Crippen LogP contribution is -2.34. The molecule has 1 aromatic heterocycles. The SMILES string of the molecule is COC(=O)c1sccc1NC(=O)CCNC(=O)OC(C)(C)C. The average Bonchev–Trinajstić information content (AvgIpc) is 2.83. The average molecular weight is 328 g/mol. The van der Waals surface area contributed by atoms with Gasteiger partial charge in [-0.3, -0.25) is 4.79 Å². The first-order valence-corrected chi connectivity index (χ1v) is 7.53. The number of thiophene rings is 1. The van der Waals surface area contributed by atoms with E-state index in [1.165, 1.54) is 18.4 Å². The number of rotatable bonds is 5. The molecule has 2 amide bonds. The number of esters is 1. The third-order valence-corrected chi connectivity index (χ3v) is 3.22. The second-order valence-corrected chi connectivity index (χ2v) is 6.30. The molecule has 1 aromatic rings. The summed E-state index contributed by atoms with van der Waals surface area (Å²) in [4.78, 5) is 35.0. The van der Waals surface area contributed by atoms with Gasteiger partial charge in [-0.2, -0.15) is 0 Å². The summed E-state index contributed by atoms with van der Waals surface area (Å²) < 4.78 is 9.67. The number of ether oxygens (including phenoxy) is 2. The summed E-state index contributed by atoms with van der Waals surface area (Å²) in [7, 11) is 1.28. The van der Waals surface area contributed by atoms with Crippen LogP contribution in [0.5, 0.6) is 0 Å². The molecule has 0 aliphatic heterocycles. The number of alkyl carbamates (subject to hydrolysis) is 1. The molecular weight excluding hydrogens is 308 g/mol. The molecule has 2 N–H and O–H groups in total. The standard InChI is InChI=1S/C14H20N2O5S/c1-14(2,3)21-13(19)15-7-5-10(17)16-9-6-8-22-11(9)12(18)20-4/h6,8H,5,7H2,1-4H3,(H,15,19)(H,16,17).